The number of primary amides is 1. The molecule has 104 valence electrons. The zero-order chi connectivity index (χ0) is 13.8. The van der Waals surface area contributed by atoms with E-state index in [1.54, 1.807) is 18.2 Å². The maximum absolute atomic E-state index is 11.2. The van der Waals surface area contributed by atoms with Crippen LogP contribution in [-0.2, 0) is 4.74 Å². The molecule has 1 aliphatic heterocycles. The van der Waals surface area contributed by atoms with E-state index in [0.29, 0.717) is 22.7 Å². The molecule has 0 bridgehead atoms. The van der Waals surface area contributed by atoms with Gasteiger partial charge in [0.15, 0.2) is 0 Å². The first-order valence-corrected chi connectivity index (χ1v) is 6.95. The van der Waals surface area contributed by atoms with Gasteiger partial charge in [-0.2, -0.15) is 0 Å². The van der Waals surface area contributed by atoms with E-state index in [1.165, 1.54) is 0 Å². The van der Waals surface area contributed by atoms with Crippen molar-refractivity contribution >= 4 is 23.2 Å². The van der Waals surface area contributed by atoms with Crippen molar-refractivity contribution in [3.8, 4) is 0 Å². The zero-order valence-corrected chi connectivity index (χ0v) is 11.7. The van der Waals surface area contributed by atoms with Crippen LogP contribution in [0.4, 0.5) is 5.69 Å². The number of rotatable bonds is 4. The van der Waals surface area contributed by atoms with Gasteiger partial charge in [-0.15, -0.1) is 0 Å². The Morgan fingerprint density at radius 2 is 2.37 bits per heavy atom. The molecular formula is C14H19ClN2O2. The molecule has 1 saturated heterocycles. The highest BCUT2D eigenvalue weighted by Gasteiger charge is 2.21. The zero-order valence-electron chi connectivity index (χ0n) is 11.0. The second kappa shape index (κ2) is 6.26. The number of nitrogens with one attached hydrogen (secondary N) is 1. The minimum absolute atomic E-state index is 0.296. The summed E-state index contributed by atoms with van der Waals surface area (Å²) in [7, 11) is 0. The Labute approximate surface area is 118 Å². The lowest BCUT2D eigenvalue weighted by Crippen LogP contribution is -2.33. The summed E-state index contributed by atoms with van der Waals surface area (Å²) in [5, 5.41) is 3.99. The number of hydrogen-bond donors (Lipinski definition) is 2. The van der Waals surface area contributed by atoms with Gasteiger partial charge in [-0.25, -0.2) is 0 Å². The van der Waals surface area contributed by atoms with Crippen molar-refractivity contribution in [1.29, 1.82) is 0 Å². The van der Waals surface area contributed by atoms with Gasteiger partial charge in [-0.05, 0) is 37.5 Å². The van der Waals surface area contributed by atoms with Crippen LogP contribution in [0, 0.1) is 0 Å². The molecule has 0 aromatic heterocycles. The highest BCUT2D eigenvalue weighted by molar-refractivity contribution is 6.33. The van der Waals surface area contributed by atoms with Crippen molar-refractivity contribution in [3.05, 3.63) is 28.8 Å². The molecule has 1 aromatic carbocycles. The lowest BCUT2D eigenvalue weighted by atomic mass is 10.0. The van der Waals surface area contributed by atoms with Crippen molar-refractivity contribution in [3.63, 3.8) is 0 Å². The molecule has 0 radical (unpaired) electrons. The van der Waals surface area contributed by atoms with Gasteiger partial charge in [0, 0.05) is 18.2 Å². The van der Waals surface area contributed by atoms with Gasteiger partial charge < -0.3 is 15.8 Å². The maximum atomic E-state index is 11.2. The van der Waals surface area contributed by atoms with Crippen LogP contribution >= 0.6 is 11.6 Å². The molecular weight excluding hydrogens is 264 g/mol. The van der Waals surface area contributed by atoms with Crippen LogP contribution in [-0.4, -0.2) is 24.7 Å². The second-order valence-electron chi connectivity index (χ2n) is 4.83. The average molecular weight is 283 g/mol. The molecule has 2 unspecified atom stereocenters. The van der Waals surface area contributed by atoms with Crippen LogP contribution in [0.1, 0.15) is 36.5 Å². The predicted octanol–water partition coefficient (Wildman–Crippen LogP) is 2.81. The Bertz CT molecular complexity index is 465. The van der Waals surface area contributed by atoms with Crippen LogP contribution in [0.2, 0.25) is 5.02 Å². The summed E-state index contributed by atoms with van der Waals surface area (Å²) in [5.41, 5.74) is 6.51. The highest BCUT2D eigenvalue weighted by atomic mass is 35.5. The van der Waals surface area contributed by atoms with Gasteiger partial charge in [-0.1, -0.05) is 18.5 Å². The number of carbonyl (C=O) groups is 1. The molecule has 0 saturated carbocycles. The van der Waals surface area contributed by atoms with E-state index < -0.39 is 5.91 Å². The van der Waals surface area contributed by atoms with Gasteiger partial charge in [0.1, 0.15) is 0 Å². The molecule has 4 nitrogen and oxygen atoms in total. The fraction of sp³-hybridized carbons (Fsp3) is 0.500. The number of amides is 1. The first-order chi connectivity index (χ1) is 9.10. The molecule has 19 heavy (non-hydrogen) atoms. The molecule has 5 heteroatoms. The van der Waals surface area contributed by atoms with Gasteiger partial charge in [0.2, 0.25) is 5.91 Å². The number of hydrogen-bond acceptors (Lipinski definition) is 3. The quantitative estimate of drug-likeness (QED) is 0.892. The van der Waals surface area contributed by atoms with Gasteiger partial charge in [-0.3, -0.25) is 4.79 Å². The fourth-order valence-electron chi connectivity index (χ4n) is 2.30. The Morgan fingerprint density at radius 3 is 3.05 bits per heavy atom. The molecule has 0 spiro atoms. The molecule has 2 rings (SSSR count). The van der Waals surface area contributed by atoms with E-state index in [-0.39, 0.29) is 0 Å². The minimum atomic E-state index is -0.446. The third-order valence-electron chi connectivity index (χ3n) is 3.43. The van der Waals surface area contributed by atoms with Crippen molar-refractivity contribution in [1.82, 2.24) is 0 Å². The molecule has 1 fully saturated rings. The molecule has 2 atom stereocenters. The lowest BCUT2D eigenvalue weighted by molar-refractivity contribution is 0.00925. The predicted molar refractivity (Wildman–Crippen MR) is 76.6 cm³/mol. The van der Waals surface area contributed by atoms with E-state index in [4.69, 9.17) is 22.1 Å². The summed E-state index contributed by atoms with van der Waals surface area (Å²) in [6.07, 6.45) is 3.19. The number of carbonyl (C=O) groups excluding carboxylic acids is 1. The largest absolute Gasteiger partial charge is 0.381 e. The van der Waals surface area contributed by atoms with Gasteiger partial charge >= 0.3 is 0 Å². The third kappa shape index (κ3) is 3.61. The van der Waals surface area contributed by atoms with E-state index >= 15 is 0 Å². The normalized spacial score (nSPS) is 23.1. The summed E-state index contributed by atoms with van der Waals surface area (Å²) in [6, 6.07) is 5.36. The maximum Gasteiger partial charge on any atom is 0.248 e. The van der Waals surface area contributed by atoms with Crippen LogP contribution in [0.15, 0.2) is 18.2 Å². The van der Waals surface area contributed by atoms with E-state index in [9.17, 15) is 4.79 Å². The number of ether oxygens (including phenoxy) is 1. The smallest absolute Gasteiger partial charge is 0.248 e. The summed E-state index contributed by atoms with van der Waals surface area (Å²) in [5.74, 6) is -0.446. The Hall–Kier alpha value is -1.26. The Balaban J connectivity index is 2.09. The minimum Gasteiger partial charge on any atom is -0.381 e. The van der Waals surface area contributed by atoms with Crippen molar-refractivity contribution in [2.24, 2.45) is 5.73 Å². The Kier molecular flexibility index (Phi) is 4.66. The second-order valence-corrected chi connectivity index (χ2v) is 5.23. The fourth-order valence-corrected chi connectivity index (χ4v) is 2.48. The summed E-state index contributed by atoms with van der Waals surface area (Å²) in [6.45, 7) is 2.87. The Morgan fingerprint density at radius 1 is 1.58 bits per heavy atom. The van der Waals surface area contributed by atoms with E-state index in [0.717, 1.165) is 31.6 Å². The first kappa shape index (κ1) is 14.2. The monoisotopic (exact) mass is 282 g/mol. The average Bonchev–Trinajstić information content (AvgIpc) is 2.41. The van der Waals surface area contributed by atoms with Crippen LogP contribution < -0.4 is 11.1 Å². The molecule has 1 heterocycles. The number of nitrogens with two attached hydrogens (primary N) is 1. The molecule has 1 aliphatic rings. The summed E-state index contributed by atoms with van der Waals surface area (Å²) >= 11 is 6.14. The SMILES string of the molecule is CCC1CC(Nc2cc(C(N)=O)ccc2Cl)CCO1. The summed E-state index contributed by atoms with van der Waals surface area (Å²) in [4.78, 5) is 11.2. The molecule has 3 N–H and O–H groups in total. The number of benzene rings is 1. The van der Waals surface area contributed by atoms with Gasteiger partial charge in [0.05, 0.1) is 16.8 Å². The molecule has 1 amide bonds. The third-order valence-corrected chi connectivity index (χ3v) is 3.76. The first-order valence-electron chi connectivity index (χ1n) is 6.57. The van der Waals surface area contributed by atoms with Crippen LogP contribution in [0.5, 0.6) is 0 Å². The summed E-state index contributed by atoms with van der Waals surface area (Å²) < 4.78 is 5.64. The van der Waals surface area contributed by atoms with Crippen molar-refractivity contribution in [2.75, 3.05) is 11.9 Å². The standard InChI is InChI=1S/C14H19ClN2O2/c1-2-11-8-10(5-6-19-11)17-13-7-9(14(16)18)3-4-12(13)15/h3-4,7,10-11,17H,2,5-6,8H2,1H3,(H2,16,18). The van der Waals surface area contributed by atoms with Crippen LogP contribution in [0.25, 0.3) is 0 Å². The van der Waals surface area contributed by atoms with E-state index in [2.05, 4.69) is 12.2 Å². The van der Waals surface area contributed by atoms with Crippen LogP contribution in [0.3, 0.4) is 0 Å². The van der Waals surface area contributed by atoms with Crippen molar-refractivity contribution < 1.29 is 9.53 Å². The number of anilines is 1. The van der Waals surface area contributed by atoms with Crippen molar-refractivity contribution in [2.45, 2.75) is 38.3 Å². The molecule has 1 aromatic rings. The molecule has 0 aliphatic carbocycles. The number of halogens is 1. The van der Waals surface area contributed by atoms with E-state index in [1.807, 2.05) is 0 Å². The topological polar surface area (TPSA) is 64.3 Å². The van der Waals surface area contributed by atoms with Gasteiger partial charge in [0.25, 0.3) is 0 Å². The lowest BCUT2D eigenvalue weighted by Gasteiger charge is -2.30. The highest BCUT2D eigenvalue weighted by Crippen LogP contribution is 2.27.